The molecule has 1 saturated heterocycles. The maximum absolute atomic E-state index is 12.3. The Morgan fingerprint density at radius 1 is 1.06 bits per heavy atom. The molecule has 1 amide bonds. The van der Waals surface area contributed by atoms with E-state index in [4.69, 9.17) is 0 Å². The zero-order valence-electron chi connectivity index (χ0n) is 7.70. The van der Waals surface area contributed by atoms with Crippen molar-refractivity contribution in [2.24, 2.45) is 0 Å². The van der Waals surface area contributed by atoms with E-state index >= 15 is 0 Å². The van der Waals surface area contributed by atoms with Gasteiger partial charge in [0.2, 0.25) is 0 Å². The Morgan fingerprint density at radius 3 is 1.76 bits per heavy atom. The van der Waals surface area contributed by atoms with Gasteiger partial charge in [-0.2, -0.15) is 26.3 Å². The average molecular weight is 263 g/mol. The van der Waals surface area contributed by atoms with Gasteiger partial charge in [-0.15, -0.1) is 0 Å². The molecule has 1 rings (SSSR count). The molecule has 10 heteroatoms. The third kappa shape index (κ3) is 1.83. The molecule has 0 saturated carbocycles. The summed E-state index contributed by atoms with van der Waals surface area (Å²) in [6, 6.07) is 0. The van der Waals surface area contributed by atoms with Gasteiger partial charge in [0.15, 0.2) is 0 Å². The standard InChI is InChI=1S/C7H3F6NO3/c1-2-3(15)14-5(6(8,9)10,7(11,12)13)17-4(2)16/h1H2,(H,14,15). The highest BCUT2D eigenvalue weighted by molar-refractivity contribution is 6.17. The molecule has 4 nitrogen and oxygen atoms in total. The van der Waals surface area contributed by atoms with E-state index in [1.165, 1.54) is 0 Å². The minimum Gasteiger partial charge on any atom is -0.417 e. The molecule has 0 aliphatic carbocycles. The average Bonchev–Trinajstić information content (AvgIpc) is 2.09. The molecule has 96 valence electrons. The highest BCUT2D eigenvalue weighted by atomic mass is 19.4. The number of ether oxygens (including phenoxy) is 1. The van der Waals surface area contributed by atoms with Gasteiger partial charge in [0.1, 0.15) is 5.57 Å². The maximum Gasteiger partial charge on any atom is 0.458 e. The van der Waals surface area contributed by atoms with Crippen molar-refractivity contribution >= 4 is 11.9 Å². The van der Waals surface area contributed by atoms with Crippen LogP contribution in [0.4, 0.5) is 26.3 Å². The Kier molecular flexibility index (Phi) is 2.64. The van der Waals surface area contributed by atoms with Crippen molar-refractivity contribution in [3.8, 4) is 0 Å². The van der Waals surface area contributed by atoms with Crippen LogP contribution in [0.1, 0.15) is 0 Å². The van der Waals surface area contributed by atoms with E-state index in [2.05, 4.69) is 11.3 Å². The van der Waals surface area contributed by atoms with E-state index in [-0.39, 0.29) is 0 Å². The van der Waals surface area contributed by atoms with Crippen molar-refractivity contribution in [1.82, 2.24) is 5.32 Å². The molecule has 0 radical (unpaired) electrons. The van der Waals surface area contributed by atoms with E-state index in [0.29, 0.717) is 5.32 Å². The SMILES string of the molecule is C=C1C(=O)NC(C(F)(F)F)(C(F)(F)F)OC1=O. The van der Waals surface area contributed by atoms with Gasteiger partial charge in [0, 0.05) is 0 Å². The van der Waals surface area contributed by atoms with Crippen molar-refractivity contribution in [3.63, 3.8) is 0 Å². The zero-order valence-corrected chi connectivity index (χ0v) is 7.70. The Labute approximate surface area is 89.2 Å². The minimum absolute atomic E-state index is 0.558. The number of rotatable bonds is 0. The van der Waals surface area contributed by atoms with Gasteiger partial charge in [0.25, 0.3) is 5.91 Å². The molecular weight excluding hydrogens is 260 g/mol. The molecule has 0 aromatic carbocycles. The van der Waals surface area contributed by atoms with Crippen LogP contribution in [0.3, 0.4) is 0 Å². The molecule has 0 atom stereocenters. The van der Waals surface area contributed by atoms with Gasteiger partial charge in [-0.1, -0.05) is 6.58 Å². The van der Waals surface area contributed by atoms with Gasteiger partial charge in [-0.05, 0) is 0 Å². The fraction of sp³-hybridized carbons (Fsp3) is 0.429. The second-order valence-corrected chi connectivity index (χ2v) is 3.00. The lowest BCUT2D eigenvalue weighted by Crippen LogP contribution is -2.72. The quantitative estimate of drug-likeness (QED) is 0.307. The predicted octanol–water partition coefficient (Wildman–Crippen LogP) is 1.04. The number of hydrogen-bond donors (Lipinski definition) is 1. The summed E-state index contributed by atoms with van der Waals surface area (Å²) in [6.45, 7) is 2.68. The summed E-state index contributed by atoms with van der Waals surface area (Å²) in [4.78, 5) is 21.5. The largest absolute Gasteiger partial charge is 0.458 e. The topological polar surface area (TPSA) is 55.4 Å². The monoisotopic (exact) mass is 263 g/mol. The smallest absolute Gasteiger partial charge is 0.417 e. The molecular formula is C7H3F6NO3. The van der Waals surface area contributed by atoms with Crippen LogP contribution in [0.2, 0.25) is 0 Å². The molecule has 1 fully saturated rings. The summed E-state index contributed by atoms with van der Waals surface area (Å²) >= 11 is 0. The minimum atomic E-state index is -6.04. The van der Waals surface area contributed by atoms with Crippen molar-refractivity contribution in [2.75, 3.05) is 0 Å². The van der Waals surface area contributed by atoms with Crippen molar-refractivity contribution in [3.05, 3.63) is 12.2 Å². The van der Waals surface area contributed by atoms with Gasteiger partial charge >= 0.3 is 24.0 Å². The van der Waals surface area contributed by atoms with Crippen molar-refractivity contribution < 1.29 is 40.7 Å². The number of esters is 1. The summed E-state index contributed by atoms with van der Waals surface area (Å²) in [5.41, 5.74) is -6.18. The molecule has 1 aliphatic heterocycles. The highest BCUT2D eigenvalue weighted by Gasteiger charge is 2.77. The second-order valence-electron chi connectivity index (χ2n) is 3.00. The lowest BCUT2D eigenvalue weighted by atomic mass is 10.1. The predicted molar refractivity (Wildman–Crippen MR) is 38.2 cm³/mol. The molecule has 1 N–H and O–H groups in total. The van der Waals surface area contributed by atoms with Crippen LogP contribution in [0, 0.1) is 0 Å². The van der Waals surface area contributed by atoms with E-state index < -0.39 is 35.5 Å². The second kappa shape index (κ2) is 3.37. The van der Waals surface area contributed by atoms with Crippen molar-refractivity contribution in [2.45, 2.75) is 18.1 Å². The maximum atomic E-state index is 12.3. The number of halogens is 6. The molecule has 0 bridgehead atoms. The first-order chi connectivity index (χ1) is 7.42. The van der Waals surface area contributed by atoms with E-state index in [9.17, 15) is 35.9 Å². The highest BCUT2D eigenvalue weighted by Crippen LogP contribution is 2.45. The van der Waals surface area contributed by atoms with Crippen LogP contribution in [0.5, 0.6) is 0 Å². The van der Waals surface area contributed by atoms with Gasteiger partial charge in [0.05, 0.1) is 0 Å². The van der Waals surface area contributed by atoms with E-state index in [0.717, 1.165) is 0 Å². The molecule has 1 aliphatic rings. The van der Waals surface area contributed by atoms with E-state index in [1.54, 1.807) is 0 Å². The summed E-state index contributed by atoms with van der Waals surface area (Å²) in [6.07, 6.45) is -12.1. The first kappa shape index (κ1) is 13.3. The van der Waals surface area contributed by atoms with Gasteiger partial charge < -0.3 is 4.74 Å². The number of nitrogens with one attached hydrogen (secondary N) is 1. The first-order valence-corrected chi connectivity index (χ1v) is 3.80. The number of cyclic esters (lactones) is 1. The summed E-state index contributed by atoms with van der Waals surface area (Å²) < 4.78 is 77.2. The normalized spacial score (nSPS) is 20.9. The number of carbonyl (C=O) groups excluding carboxylic acids is 2. The number of amides is 1. The molecule has 0 aromatic heterocycles. The molecule has 0 unspecified atom stereocenters. The van der Waals surface area contributed by atoms with Crippen LogP contribution < -0.4 is 5.32 Å². The number of alkyl halides is 6. The van der Waals surface area contributed by atoms with Gasteiger partial charge in [-0.25, -0.2) is 4.79 Å². The fourth-order valence-electron chi connectivity index (χ4n) is 0.972. The Morgan fingerprint density at radius 2 is 1.47 bits per heavy atom. The van der Waals surface area contributed by atoms with Crippen LogP contribution in [0.15, 0.2) is 12.2 Å². The summed E-state index contributed by atoms with van der Waals surface area (Å²) in [5, 5.41) is 0.558. The van der Waals surface area contributed by atoms with E-state index in [1.807, 2.05) is 0 Å². The van der Waals surface area contributed by atoms with Gasteiger partial charge in [-0.3, -0.25) is 10.1 Å². The molecule has 17 heavy (non-hydrogen) atoms. The van der Waals surface area contributed by atoms with Crippen LogP contribution in [-0.2, 0) is 14.3 Å². The zero-order chi connectivity index (χ0) is 13.6. The fourth-order valence-corrected chi connectivity index (χ4v) is 0.972. The number of hydrogen-bond acceptors (Lipinski definition) is 3. The van der Waals surface area contributed by atoms with Crippen LogP contribution >= 0.6 is 0 Å². The summed E-state index contributed by atoms with van der Waals surface area (Å²) in [5.74, 6) is -3.97. The molecule has 1 heterocycles. The van der Waals surface area contributed by atoms with Crippen LogP contribution in [-0.4, -0.2) is 30.0 Å². The molecule has 0 spiro atoms. The summed E-state index contributed by atoms with van der Waals surface area (Å²) in [7, 11) is 0. The lowest BCUT2D eigenvalue weighted by Gasteiger charge is -2.39. The Balaban J connectivity index is 3.34. The van der Waals surface area contributed by atoms with Crippen LogP contribution in [0.25, 0.3) is 0 Å². The lowest BCUT2D eigenvalue weighted by molar-refractivity contribution is -0.378. The Bertz CT molecular complexity index is 359. The van der Waals surface area contributed by atoms with Crippen molar-refractivity contribution in [1.29, 1.82) is 0 Å². The Hall–Kier alpha value is -1.74. The first-order valence-electron chi connectivity index (χ1n) is 3.80. The number of carbonyl (C=O) groups is 2. The molecule has 0 aromatic rings. The third-order valence-corrected chi connectivity index (χ3v) is 1.85. The third-order valence-electron chi connectivity index (χ3n) is 1.85.